The van der Waals surface area contributed by atoms with Crippen LogP contribution in [-0.4, -0.2) is 57.9 Å². The van der Waals surface area contributed by atoms with E-state index >= 15 is 0 Å². The molecule has 2 aliphatic heterocycles. The van der Waals surface area contributed by atoms with Gasteiger partial charge in [-0.15, -0.1) is 0 Å². The Labute approximate surface area is 292 Å². The van der Waals surface area contributed by atoms with E-state index in [1.807, 2.05) is 79.0 Å². The zero-order chi connectivity index (χ0) is 34.6. The molecule has 1 fully saturated rings. The Morgan fingerprint density at radius 1 is 0.760 bits per heavy atom. The molecule has 4 aromatic carbocycles. The molecule has 8 heteroatoms. The van der Waals surface area contributed by atoms with E-state index in [4.69, 9.17) is 9.47 Å². The molecule has 254 valence electrons. The largest absolute Gasteiger partial charge is 0.392 e. The minimum Gasteiger partial charge on any atom is -0.392 e. The number of carbonyl (C=O) groups is 2. The van der Waals surface area contributed by atoms with Gasteiger partial charge in [0.1, 0.15) is 0 Å². The molecule has 3 heterocycles. The summed E-state index contributed by atoms with van der Waals surface area (Å²) in [5, 5.41) is 9.60. The van der Waals surface area contributed by atoms with Crippen molar-refractivity contribution in [2.45, 2.75) is 45.0 Å². The summed E-state index contributed by atoms with van der Waals surface area (Å²) in [6.45, 7) is 3.96. The Bertz CT molecular complexity index is 1910. The third kappa shape index (κ3) is 7.15. The van der Waals surface area contributed by atoms with Gasteiger partial charge in [-0.1, -0.05) is 91.9 Å². The molecular weight excluding hydrogens is 626 g/mol. The average molecular weight is 668 g/mol. The van der Waals surface area contributed by atoms with Crippen LogP contribution in [0.1, 0.15) is 68.0 Å². The monoisotopic (exact) mass is 667 g/mol. The van der Waals surface area contributed by atoms with Crippen molar-refractivity contribution in [1.82, 2.24) is 14.8 Å². The van der Waals surface area contributed by atoms with Crippen molar-refractivity contribution in [3.05, 3.63) is 161 Å². The number of pyridine rings is 1. The van der Waals surface area contributed by atoms with Gasteiger partial charge in [0.25, 0.3) is 11.8 Å². The summed E-state index contributed by atoms with van der Waals surface area (Å²) in [6, 6.07) is 37.1. The molecular formula is C42H41N3O5. The highest BCUT2D eigenvalue weighted by Crippen LogP contribution is 2.42. The third-order valence-electron chi connectivity index (χ3n) is 9.75. The first-order chi connectivity index (χ1) is 24.4. The first-order valence-electron chi connectivity index (χ1n) is 17.1. The number of imide groups is 1. The normalized spacial score (nSPS) is 20.4. The number of carbonyl (C=O) groups excluding carboxylic acids is 2. The van der Waals surface area contributed by atoms with Crippen LogP contribution in [0.3, 0.4) is 0 Å². The van der Waals surface area contributed by atoms with E-state index in [2.05, 4.69) is 42.1 Å². The van der Waals surface area contributed by atoms with Crippen molar-refractivity contribution in [3.63, 3.8) is 0 Å². The SMILES string of the molecule is C[C@@H]1[C@H](CN(C)CCc2ccccn2)O[C@H](c2ccc(-c3cccc(CN4C(=O)c5ccccc5C4=O)c3)cc2)O[C@@H]1c1ccc(CO)cc1. The molecule has 1 N–H and O–H groups in total. The highest BCUT2D eigenvalue weighted by Gasteiger charge is 2.39. The van der Waals surface area contributed by atoms with Crippen molar-refractivity contribution in [3.8, 4) is 11.1 Å². The molecule has 8 nitrogen and oxygen atoms in total. The third-order valence-corrected chi connectivity index (χ3v) is 9.75. The predicted molar refractivity (Wildman–Crippen MR) is 191 cm³/mol. The Balaban J connectivity index is 1.08. The molecule has 0 saturated carbocycles. The van der Waals surface area contributed by atoms with Gasteiger partial charge < -0.3 is 19.5 Å². The summed E-state index contributed by atoms with van der Waals surface area (Å²) in [5.41, 5.74) is 7.66. The molecule has 0 spiro atoms. The number of ether oxygens (including phenoxy) is 2. The second-order valence-electron chi connectivity index (χ2n) is 13.2. The lowest BCUT2D eigenvalue weighted by atomic mass is 9.90. The van der Waals surface area contributed by atoms with Crippen LogP contribution >= 0.6 is 0 Å². The zero-order valence-corrected chi connectivity index (χ0v) is 28.3. The van der Waals surface area contributed by atoms with Crippen LogP contribution < -0.4 is 0 Å². The summed E-state index contributed by atoms with van der Waals surface area (Å²) in [7, 11) is 2.12. The van der Waals surface area contributed by atoms with Gasteiger partial charge in [0, 0.05) is 42.9 Å². The van der Waals surface area contributed by atoms with E-state index in [-0.39, 0.29) is 43.1 Å². The quantitative estimate of drug-likeness (QED) is 0.152. The number of aliphatic hydroxyl groups is 1. The van der Waals surface area contributed by atoms with Crippen LogP contribution in [0, 0.1) is 5.92 Å². The number of aromatic nitrogens is 1. The second-order valence-corrected chi connectivity index (χ2v) is 13.2. The molecule has 2 amide bonds. The predicted octanol–water partition coefficient (Wildman–Crippen LogP) is 7.00. The molecule has 0 radical (unpaired) electrons. The van der Waals surface area contributed by atoms with E-state index in [0.717, 1.165) is 58.6 Å². The smallest absolute Gasteiger partial charge is 0.261 e. The Hall–Kier alpha value is -4.99. The van der Waals surface area contributed by atoms with Crippen molar-refractivity contribution in [1.29, 1.82) is 0 Å². The highest BCUT2D eigenvalue weighted by molar-refractivity contribution is 6.21. The van der Waals surface area contributed by atoms with E-state index in [1.165, 1.54) is 4.90 Å². The van der Waals surface area contributed by atoms with E-state index in [1.54, 1.807) is 24.3 Å². The van der Waals surface area contributed by atoms with E-state index in [9.17, 15) is 14.7 Å². The standard InChI is InChI=1S/C42H41N3O5/c1-28-38(26-44(2)23-21-35-10-5-6-22-43-35)49-42(50-39(28)32-15-13-29(27-46)14-16-32)33-19-17-31(18-20-33)34-9-7-8-30(24-34)25-45-40(47)36-11-3-4-12-37(36)41(45)48/h3-20,22,24,28,38-39,42,46H,21,23,25-27H2,1-2H3/t28-,38+,39+,42+/m1/s1. The van der Waals surface area contributed by atoms with Gasteiger partial charge in [-0.3, -0.25) is 19.5 Å². The van der Waals surface area contributed by atoms with Gasteiger partial charge in [0.2, 0.25) is 0 Å². The minimum absolute atomic E-state index is 0.00515. The van der Waals surface area contributed by atoms with Gasteiger partial charge in [-0.2, -0.15) is 0 Å². The van der Waals surface area contributed by atoms with Crippen LogP contribution in [0.4, 0.5) is 0 Å². The number of hydrogen-bond acceptors (Lipinski definition) is 7. The lowest BCUT2D eigenvalue weighted by Gasteiger charge is -2.42. The topological polar surface area (TPSA) is 92.2 Å². The van der Waals surface area contributed by atoms with Crippen molar-refractivity contribution >= 4 is 11.8 Å². The molecule has 1 aromatic heterocycles. The summed E-state index contributed by atoms with van der Waals surface area (Å²) < 4.78 is 13.4. The summed E-state index contributed by atoms with van der Waals surface area (Å²) in [5.74, 6) is -0.447. The van der Waals surface area contributed by atoms with Crippen molar-refractivity contribution < 1.29 is 24.2 Å². The summed E-state index contributed by atoms with van der Waals surface area (Å²) in [4.78, 5) is 34.0. The number of hydrogen-bond donors (Lipinski definition) is 1. The maximum atomic E-state index is 13.0. The van der Waals surface area contributed by atoms with Crippen LogP contribution in [0.25, 0.3) is 11.1 Å². The van der Waals surface area contributed by atoms with Crippen LogP contribution in [0.2, 0.25) is 0 Å². The first kappa shape index (κ1) is 33.5. The Morgan fingerprint density at radius 2 is 1.46 bits per heavy atom. The average Bonchev–Trinajstić information content (AvgIpc) is 3.40. The molecule has 4 atom stereocenters. The molecule has 0 bridgehead atoms. The second kappa shape index (κ2) is 14.9. The fourth-order valence-corrected chi connectivity index (χ4v) is 6.83. The fraction of sp³-hybridized carbons (Fsp3) is 0.262. The van der Waals surface area contributed by atoms with Crippen molar-refractivity contribution in [2.75, 3.05) is 20.1 Å². The summed E-state index contributed by atoms with van der Waals surface area (Å²) >= 11 is 0. The number of benzene rings is 4. The molecule has 2 aliphatic rings. The fourth-order valence-electron chi connectivity index (χ4n) is 6.83. The number of nitrogens with zero attached hydrogens (tertiary/aromatic N) is 3. The van der Waals surface area contributed by atoms with Crippen molar-refractivity contribution in [2.24, 2.45) is 5.92 Å². The van der Waals surface area contributed by atoms with Gasteiger partial charge >= 0.3 is 0 Å². The molecule has 50 heavy (non-hydrogen) atoms. The number of likely N-dealkylation sites (N-methyl/N-ethyl adjacent to an activating group) is 1. The minimum atomic E-state index is -0.572. The number of rotatable bonds is 11. The number of amides is 2. The maximum absolute atomic E-state index is 13.0. The molecule has 7 rings (SSSR count). The molecule has 5 aromatic rings. The van der Waals surface area contributed by atoms with E-state index in [0.29, 0.717) is 11.1 Å². The first-order valence-corrected chi connectivity index (χ1v) is 17.1. The number of fused-ring (bicyclic) bond motifs is 1. The van der Waals surface area contributed by atoms with E-state index < -0.39 is 6.29 Å². The molecule has 1 saturated heterocycles. The van der Waals surface area contributed by atoms with Crippen LogP contribution in [-0.2, 0) is 29.0 Å². The lowest BCUT2D eigenvalue weighted by molar-refractivity contribution is -0.275. The molecule has 0 unspecified atom stereocenters. The van der Waals surface area contributed by atoms with Crippen LogP contribution in [0.15, 0.2) is 121 Å². The Morgan fingerprint density at radius 3 is 2.14 bits per heavy atom. The highest BCUT2D eigenvalue weighted by atomic mass is 16.7. The van der Waals surface area contributed by atoms with Crippen LogP contribution in [0.5, 0.6) is 0 Å². The maximum Gasteiger partial charge on any atom is 0.261 e. The Kier molecular flexibility index (Phi) is 9.96. The zero-order valence-electron chi connectivity index (χ0n) is 28.3. The van der Waals surface area contributed by atoms with Gasteiger partial charge in [-0.25, -0.2) is 0 Å². The van der Waals surface area contributed by atoms with Gasteiger partial charge in [0.15, 0.2) is 6.29 Å². The summed E-state index contributed by atoms with van der Waals surface area (Å²) in [6.07, 6.45) is 1.82. The molecule has 0 aliphatic carbocycles. The van der Waals surface area contributed by atoms with Gasteiger partial charge in [0.05, 0.1) is 36.5 Å². The lowest BCUT2D eigenvalue weighted by Crippen LogP contribution is -2.43. The number of aliphatic hydroxyl groups excluding tert-OH is 1. The van der Waals surface area contributed by atoms with Gasteiger partial charge in [-0.05, 0) is 65.2 Å².